The van der Waals surface area contributed by atoms with Crippen LogP contribution in [0.5, 0.6) is 0 Å². The molecule has 0 aliphatic carbocycles. The van der Waals surface area contributed by atoms with Gasteiger partial charge in [0.15, 0.2) is 0 Å². The fraction of sp³-hybridized carbons (Fsp3) is 0.238. The quantitative estimate of drug-likeness (QED) is 0.669. The smallest absolute Gasteiger partial charge is 0.100 e. The molecule has 0 aliphatic rings. The zero-order valence-electron chi connectivity index (χ0n) is 14.1. The third kappa shape index (κ3) is 3.23. The zero-order chi connectivity index (χ0) is 16.9. The molecular weight excluding hydrogens is 294 g/mol. The van der Waals surface area contributed by atoms with Crippen molar-refractivity contribution in [1.29, 1.82) is 5.26 Å². The average molecular weight is 315 g/mol. The number of benzene rings is 2. The molecule has 0 N–H and O–H groups in total. The Morgan fingerprint density at radius 3 is 2.08 bits per heavy atom. The number of hydrogen-bond acceptors (Lipinski definition) is 2. The van der Waals surface area contributed by atoms with Crippen LogP contribution >= 0.6 is 0 Å². The molecule has 0 aliphatic heterocycles. The third-order valence-electron chi connectivity index (χ3n) is 3.95. The predicted octanol–water partition coefficient (Wildman–Crippen LogP) is 4.94. The summed E-state index contributed by atoms with van der Waals surface area (Å²) >= 11 is 0. The Morgan fingerprint density at radius 1 is 0.958 bits per heavy atom. The maximum Gasteiger partial charge on any atom is 0.100 e. The number of nitrogens with zero attached hydrogens (tertiary/aromatic N) is 3. The topological polar surface area (TPSA) is 41.6 Å². The Labute approximate surface area is 143 Å². The van der Waals surface area contributed by atoms with Crippen LogP contribution in [0.2, 0.25) is 0 Å². The molecule has 1 heterocycles. The molecule has 2 aromatic carbocycles. The Balaban J connectivity index is 2.26. The van der Waals surface area contributed by atoms with Crippen LogP contribution in [0.15, 0.2) is 60.7 Å². The van der Waals surface area contributed by atoms with Crippen LogP contribution in [0, 0.1) is 17.2 Å². The fourth-order valence-corrected chi connectivity index (χ4v) is 2.95. The lowest BCUT2D eigenvalue weighted by Gasteiger charge is -2.09. The molecule has 1 aromatic heterocycles. The standard InChI is InChI=1S/C21H21N3/c1-16(2)15-24-19(13-14-22)20(17-9-5-3-6-10-17)21(23-24)18-11-7-4-8-12-18/h3-12,16H,13,15H2,1-2H3. The number of aromatic nitrogens is 2. The second kappa shape index (κ2) is 7.14. The Hall–Kier alpha value is -2.86. The maximum atomic E-state index is 9.34. The van der Waals surface area contributed by atoms with Crippen LogP contribution < -0.4 is 0 Å². The van der Waals surface area contributed by atoms with E-state index in [4.69, 9.17) is 5.10 Å². The number of nitriles is 1. The molecule has 24 heavy (non-hydrogen) atoms. The first-order valence-corrected chi connectivity index (χ1v) is 8.28. The van der Waals surface area contributed by atoms with Crippen LogP contribution in [-0.4, -0.2) is 9.78 Å². The first kappa shape index (κ1) is 16.0. The van der Waals surface area contributed by atoms with Crippen molar-refractivity contribution in [2.24, 2.45) is 5.92 Å². The van der Waals surface area contributed by atoms with Gasteiger partial charge >= 0.3 is 0 Å². The molecule has 0 saturated carbocycles. The lowest BCUT2D eigenvalue weighted by molar-refractivity contribution is 0.473. The highest BCUT2D eigenvalue weighted by Gasteiger charge is 2.20. The molecule has 3 heteroatoms. The van der Waals surface area contributed by atoms with Crippen molar-refractivity contribution in [3.63, 3.8) is 0 Å². The minimum atomic E-state index is 0.358. The van der Waals surface area contributed by atoms with Crippen LogP contribution in [0.3, 0.4) is 0 Å². The molecule has 3 aromatic rings. The summed E-state index contributed by atoms with van der Waals surface area (Å²) in [5.41, 5.74) is 5.21. The fourth-order valence-electron chi connectivity index (χ4n) is 2.95. The summed E-state index contributed by atoms with van der Waals surface area (Å²) in [5, 5.41) is 14.2. The monoisotopic (exact) mass is 315 g/mol. The van der Waals surface area contributed by atoms with Gasteiger partial charge in [0.25, 0.3) is 0 Å². The average Bonchev–Trinajstić information content (AvgIpc) is 2.94. The molecule has 120 valence electrons. The van der Waals surface area contributed by atoms with E-state index in [0.29, 0.717) is 12.3 Å². The van der Waals surface area contributed by atoms with Gasteiger partial charge in [-0.15, -0.1) is 0 Å². The van der Waals surface area contributed by atoms with Crippen LogP contribution in [-0.2, 0) is 13.0 Å². The molecule has 0 bridgehead atoms. The van der Waals surface area contributed by atoms with Gasteiger partial charge in [0, 0.05) is 17.7 Å². The summed E-state index contributed by atoms with van der Waals surface area (Å²) in [6.45, 7) is 5.15. The molecule has 3 rings (SSSR count). The van der Waals surface area contributed by atoms with Crippen molar-refractivity contribution in [2.75, 3.05) is 0 Å². The second-order valence-electron chi connectivity index (χ2n) is 6.31. The van der Waals surface area contributed by atoms with E-state index >= 15 is 0 Å². The van der Waals surface area contributed by atoms with E-state index in [0.717, 1.165) is 34.6 Å². The summed E-state index contributed by atoms with van der Waals surface area (Å²) in [6.07, 6.45) is 0.358. The van der Waals surface area contributed by atoms with E-state index in [9.17, 15) is 5.26 Å². The molecule has 0 spiro atoms. The van der Waals surface area contributed by atoms with E-state index in [1.54, 1.807) is 0 Å². The Morgan fingerprint density at radius 2 is 1.54 bits per heavy atom. The van der Waals surface area contributed by atoms with Crippen LogP contribution in [0.1, 0.15) is 19.5 Å². The summed E-state index contributed by atoms with van der Waals surface area (Å²) in [6, 6.07) is 22.8. The molecule has 0 unspecified atom stereocenters. The number of rotatable bonds is 5. The van der Waals surface area contributed by atoms with Gasteiger partial charge in [-0.05, 0) is 11.5 Å². The summed E-state index contributed by atoms with van der Waals surface area (Å²) < 4.78 is 2.01. The van der Waals surface area contributed by atoms with Gasteiger partial charge < -0.3 is 0 Å². The van der Waals surface area contributed by atoms with E-state index in [1.165, 1.54) is 0 Å². The van der Waals surface area contributed by atoms with Gasteiger partial charge in [-0.2, -0.15) is 10.4 Å². The number of hydrogen-bond donors (Lipinski definition) is 0. The van der Waals surface area contributed by atoms with Gasteiger partial charge in [0.05, 0.1) is 18.2 Å². The van der Waals surface area contributed by atoms with Gasteiger partial charge in [0.2, 0.25) is 0 Å². The molecule has 0 radical (unpaired) electrons. The first-order chi connectivity index (χ1) is 11.7. The van der Waals surface area contributed by atoms with Crippen molar-refractivity contribution in [3.05, 3.63) is 66.4 Å². The first-order valence-electron chi connectivity index (χ1n) is 8.28. The van der Waals surface area contributed by atoms with Crippen molar-refractivity contribution in [1.82, 2.24) is 9.78 Å². The highest BCUT2D eigenvalue weighted by Crippen LogP contribution is 2.35. The highest BCUT2D eigenvalue weighted by atomic mass is 15.3. The lowest BCUT2D eigenvalue weighted by atomic mass is 9.98. The summed E-state index contributed by atoms with van der Waals surface area (Å²) in [7, 11) is 0. The van der Waals surface area contributed by atoms with E-state index < -0.39 is 0 Å². The minimum Gasteiger partial charge on any atom is -0.267 e. The van der Waals surface area contributed by atoms with E-state index in [1.807, 2.05) is 41.1 Å². The van der Waals surface area contributed by atoms with Crippen LogP contribution in [0.25, 0.3) is 22.4 Å². The third-order valence-corrected chi connectivity index (χ3v) is 3.95. The second-order valence-corrected chi connectivity index (χ2v) is 6.31. The van der Waals surface area contributed by atoms with Gasteiger partial charge in [-0.3, -0.25) is 4.68 Å². The van der Waals surface area contributed by atoms with Crippen molar-refractivity contribution < 1.29 is 0 Å². The SMILES string of the molecule is CC(C)Cn1nc(-c2ccccc2)c(-c2ccccc2)c1CC#N. The summed E-state index contributed by atoms with van der Waals surface area (Å²) in [5.74, 6) is 0.467. The van der Waals surface area contributed by atoms with Gasteiger partial charge in [-0.25, -0.2) is 0 Å². The predicted molar refractivity (Wildman–Crippen MR) is 97.3 cm³/mol. The molecule has 0 fully saturated rings. The molecule has 3 nitrogen and oxygen atoms in total. The molecular formula is C21H21N3. The van der Waals surface area contributed by atoms with E-state index in [-0.39, 0.29) is 0 Å². The summed E-state index contributed by atoms with van der Waals surface area (Å²) in [4.78, 5) is 0. The van der Waals surface area contributed by atoms with Crippen molar-refractivity contribution in [3.8, 4) is 28.5 Å². The van der Waals surface area contributed by atoms with E-state index in [2.05, 4.69) is 44.2 Å². The Kier molecular flexibility index (Phi) is 4.77. The van der Waals surface area contributed by atoms with Crippen molar-refractivity contribution in [2.45, 2.75) is 26.8 Å². The zero-order valence-corrected chi connectivity index (χ0v) is 14.1. The maximum absolute atomic E-state index is 9.34. The lowest BCUT2D eigenvalue weighted by Crippen LogP contribution is -2.09. The normalized spacial score (nSPS) is 10.8. The van der Waals surface area contributed by atoms with Crippen LogP contribution in [0.4, 0.5) is 0 Å². The van der Waals surface area contributed by atoms with Gasteiger partial charge in [0.1, 0.15) is 5.69 Å². The van der Waals surface area contributed by atoms with Gasteiger partial charge in [-0.1, -0.05) is 74.5 Å². The molecule has 0 atom stereocenters. The molecule has 0 amide bonds. The minimum absolute atomic E-state index is 0.358. The Bertz CT molecular complexity index is 840. The molecule has 0 saturated heterocycles. The van der Waals surface area contributed by atoms with Crippen molar-refractivity contribution >= 4 is 0 Å². The highest BCUT2D eigenvalue weighted by molar-refractivity contribution is 5.83. The largest absolute Gasteiger partial charge is 0.267 e.